The molecule has 2 heterocycles. The molecule has 1 aliphatic rings. The van der Waals surface area contributed by atoms with Gasteiger partial charge in [0.1, 0.15) is 10.7 Å². The third kappa shape index (κ3) is 6.35. The third-order valence-corrected chi connectivity index (χ3v) is 7.64. The Bertz CT molecular complexity index is 1070. The Morgan fingerprint density at radius 2 is 1.97 bits per heavy atom. The lowest BCUT2D eigenvalue weighted by Gasteiger charge is -2.25. The molecule has 1 aromatic heterocycles. The molecule has 32 heavy (non-hydrogen) atoms. The van der Waals surface area contributed by atoms with Crippen LogP contribution in [-0.4, -0.2) is 68.0 Å². The number of halogens is 1. The molecule has 0 saturated carbocycles. The van der Waals surface area contributed by atoms with Gasteiger partial charge in [0.25, 0.3) is 0 Å². The van der Waals surface area contributed by atoms with Crippen LogP contribution in [0.4, 0.5) is 4.39 Å². The van der Waals surface area contributed by atoms with Gasteiger partial charge in [-0.25, -0.2) is 17.8 Å². The van der Waals surface area contributed by atoms with Gasteiger partial charge in [0.2, 0.25) is 15.9 Å². The summed E-state index contributed by atoms with van der Waals surface area (Å²) in [4.78, 5) is 27.6. The average molecular weight is 482 g/mol. The normalized spacial score (nSPS) is 14.8. The van der Waals surface area contributed by atoms with Crippen LogP contribution in [0.5, 0.6) is 0 Å². The Kier molecular flexibility index (Phi) is 8.35. The number of pyridine rings is 1. The Morgan fingerprint density at radius 1 is 1.22 bits per heavy atom. The zero-order valence-corrected chi connectivity index (χ0v) is 19.2. The number of morpholine rings is 1. The summed E-state index contributed by atoms with van der Waals surface area (Å²) in [6.07, 6.45) is 1.61. The number of sulfonamides is 1. The second-order valence-corrected chi connectivity index (χ2v) is 10.0. The van der Waals surface area contributed by atoms with E-state index in [9.17, 15) is 22.4 Å². The molecule has 11 heteroatoms. The van der Waals surface area contributed by atoms with Gasteiger partial charge in [0.05, 0.1) is 24.0 Å². The average Bonchev–Trinajstić information content (AvgIpc) is 2.79. The summed E-state index contributed by atoms with van der Waals surface area (Å²) in [5.74, 6) is -0.918. The number of ketones is 1. The fourth-order valence-electron chi connectivity index (χ4n) is 3.06. The van der Waals surface area contributed by atoms with E-state index in [0.29, 0.717) is 49.9 Å². The van der Waals surface area contributed by atoms with Crippen molar-refractivity contribution in [2.75, 3.05) is 38.6 Å². The van der Waals surface area contributed by atoms with Crippen LogP contribution in [0.3, 0.4) is 0 Å². The van der Waals surface area contributed by atoms with Gasteiger partial charge in [-0.3, -0.25) is 9.59 Å². The van der Waals surface area contributed by atoms with Crippen LogP contribution in [0.25, 0.3) is 0 Å². The van der Waals surface area contributed by atoms with Crippen LogP contribution in [0.1, 0.15) is 22.8 Å². The lowest BCUT2D eigenvalue weighted by Crippen LogP contribution is -2.40. The largest absolute Gasteiger partial charge is 0.379 e. The van der Waals surface area contributed by atoms with Gasteiger partial charge in [-0.2, -0.15) is 4.31 Å². The monoisotopic (exact) mass is 481 g/mol. The molecule has 0 bridgehead atoms. The van der Waals surface area contributed by atoms with E-state index in [-0.39, 0.29) is 27.9 Å². The molecule has 172 valence electrons. The summed E-state index contributed by atoms with van der Waals surface area (Å²) in [5.41, 5.74) is 0.659. The Morgan fingerprint density at radius 3 is 2.59 bits per heavy atom. The number of hydrogen-bond acceptors (Lipinski definition) is 7. The minimum Gasteiger partial charge on any atom is -0.379 e. The first-order valence-corrected chi connectivity index (χ1v) is 12.4. The van der Waals surface area contributed by atoms with Crippen LogP contribution in [0, 0.1) is 5.82 Å². The van der Waals surface area contributed by atoms with Crippen LogP contribution < -0.4 is 5.32 Å². The number of ether oxygens (including phenoxy) is 1. The van der Waals surface area contributed by atoms with E-state index in [4.69, 9.17) is 4.74 Å². The standard InChI is InChI=1S/C21H24FN3O5S2/c1-15(26)23-7-6-16-2-3-17(12-19(16)22)20(27)14-31-21-5-4-18(13-24-21)32(28,29)25-8-10-30-11-9-25/h2-5,12-13H,6-11,14H2,1H3,(H,23,26). The van der Waals surface area contributed by atoms with Crippen LogP contribution in [0.2, 0.25) is 0 Å². The summed E-state index contributed by atoms with van der Waals surface area (Å²) in [6.45, 7) is 3.03. The first-order chi connectivity index (χ1) is 15.3. The molecule has 1 fully saturated rings. The molecule has 1 amide bonds. The van der Waals surface area contributed by atoms with Gasteiger partial charge in [-0.05, 0) is 30.2 Å². The van der Waals surface area contributed by atoms with Crippen molar-refractivity contribution in [3.8, 4) is 0 Å². The maximum atomic E-state index is 14.3. The Hall–Kier alpha value is -2.34. The molecule has 0 radical (unpaired) electrons. The van der Waals surface area contributed by atoms with E-state index < -0.39 is 15.8 Å². The number of nitrogens with one attached hydrogen (secondary N) is 1. The van der Waals surface area contributed by atoms with Crippen molar-refractivity contribution in [3.05, 3.63) is 53.5 Å². The first kappa shape index (κ1) is 24.3. The smallest absolute Gasteiger partial charge is 0.244 e. The topological polar surface area (TPSA) is 106 Å². The number of nitrogens with zero attached hydrogens (tertiary/aromatic N) is 2. The van der Waals surface area contributed by atoms with E-state index >= 15 is 0 Å². The maximum absolute atomic E-state index is 14.3. The van der Waals surface area contributed by atoms with Gasteiger partial charge in [-0.1, -0.05) is 23.9 Å². The van der Waals surface area contributed by atoms with E-state index in [1.165, 1.54) is 29.6 Å². The first-order valence-electron chi connectivity index (χ1n) is 10.00. The highest BCUT2D eigenvalue weighted by Crippen LogP contribution is 2.22. The quantitative estimate of drug-likeness (QED) is 0.431. The summed E-state index contributed by atoms with van der Waals surface area (Å²) in [5, 5.41) is 3.09. The Balaban J connectivity index is 1.56. The highest BCUT2D eigenvalue weighted by atomic mass is 32.2. The van der Waals surface area contributed by atoms with Gasteiger partial charge in [-0.15, -0.1) is 0 Å². The second-order valence-electron chi connectivity index (χ2n) is 7.10. The number of aromatic nitrogens is 1. The van der Waals surface area contributed by atoms with Crippen molar-refractivity contribution in [3.63, 3.8) is 0 Å². The van der Waals surface area contributed by atoms with Gasteiger partial charge >= 0.3 is 0 Å². The number of carbonyl (C=O) groups is 2. The molecule has 2 aromatic rings. The zero-order valence-electron chi connectivity index (χ0n) is 17.5. The Labute approximate surface area is 190 Å². The summed E-state index contributed by atoms with van der Waals surface area (Å²) < 4.78 is 46.0. The molecular formula is C21H24FN3O5S2. The summed E-state index contributed by atoms with van der Waals surface area (Å²) in [7, 11) is -3.62. The minimum atomic E-state index is -3.62. The number of rotatable bonds is 9. The number of benzene rings is 1. The van der Waals surface area contributed by atoms with E-state index in [0.717, 1.165) is 11.8 Å². The SMILES string of the molecule is CC(=O)NCCc1ccc(C(=O)CSc2ccc(S(=O)(=O)N3CCOCC3)cn2)cc1F. The fourth-order valence-corrected chi connectivity index (χ4v) is 5.15. The molecule has 1 aromatic carbocycles. The molecule has 3 rings (SSSR count). The molecule has 0 spiro atoms. The predicted octanol–water partition coefficient (Wildman–Crippen LogP) is 1.90. The van der Waals surface area contributed by atoms with E-state index in [2.05, 4.69) is 10.3 Å². The van der Waals surface area contributed by atoms with Crippen LogP contribution in [-0.2, 0) is 26.0 Å². The van der Waals surface area contributed by atoms with Crippen molar-refractivity contribution < 1.29 is 27.1 Å². The fraction of sp³-hybridized carbons (Fsp3) is 0.381. The van der Waals surface area contributed by atoms with Crippen molar-refractivity contribution in [2.45, 2.75) is 23.3 Å². The highest BCUT2D eigenvalue weighted by molar-refractivity contribution is 7.99. The van der Waals surface area contributed by atoms with Crippen LogP contribution in [0.15, 0.2) is 46.5 Å². The van der Waals surface area contributed by atoms with Crippen molar-refractivity contribution in [1.29, 1.82) is 0 Å². The lowest BCUT2D eigenvalue weighted by atomic mass is 10.1. The number of hydrogen-bond donors (Lipinski definition) is 1. The third-order valence-electron chi connectivity index (χ3n) is 4.81. The van der Waals surface area contributed by atoms with Crippen molar-refractivity contribution in [2.24, 2.45) is 0 Å². The van der Waals surface area contributed by atoms with Gasteiger partial charge < -0.3 is 10.1 Å². The molecular weight excluding hydrogens is 457 g/mol. The minimum absolute atomic E-state index is 0.0350. The lowest BCUT2D eigenvalue weighted by molar-refractivity contribution is -0.118. The number of thioether (sulfide) groups is 1. The molecule has 1 N–H and O–H groups in total. The summed E-state index contributed by atoms with van der Waals surface area (Å²) >= 11 is 1.15. The molecule has 0 aliphatic carbocycles. The van der Waals surface area contributed by atoms with Crippen molar-refractivity contribution in [1.82, 2.24) is 14.6 Å². The van der Waals surface area contributed by atoms with Gasteiger partial charge in [0.15, 0.2) is 5.78 Å². The molecule has 8 nitrogen and oxygen atoms in total. The summed E-state index contributed by atoms with van der Waals surface area (Å²) in [6, 6.07) is 7.31. The van der Waals surface area contributed by atoms with Crippen molar-refractivity contribution >= 4 is 33.5 Å². The van der Waals surface area contributed by atoms with Crippen LogP contribution >= 0.6 is 11.8 Å². The van der Waals surface area contributed by atoms with Gasteiger partial charge in [0, 0.05) is 38.3 Å². The zero-order chi connectivity index (χ0) is 23.1. The molecule has 1 saturated heterocycles. The number of amides is 1. The number of Topliss-reactive ketones (excluding diaryl/α,β-unsaturated/α-hetero) is 1. The second kappa shape index (κ2) is 11.0. The van der Waals surface area contributed by atoms with E-state index in [1.54, 1.807) is 18.2 Å². The predicted molar refractivity (Wildman–Crippen MR) is 118 cm³/mol. The molecule has 1 aliphatic heterocycles. The maximum Gasteiger partial charge on any atom is 0.244 e. The highest BCUT2D eigenvalue weighted by Gasteiger charge is 2.26. The number of carbonyl (C=O) groups excluding carboxylic acids is 2. The van der Waals surface area contributed by atoms with E-state index in [1.807, 2.05) is 0 Å². The molecule has 0 atom stereocenters. The molecule has 0 unspecified atom stereocenters.